The monoisotopic (exact) mass is 342 g/mol. The zero-order valence-corrected chi connectivity index (χ0v) is 14.0. The summed E-state index contributed by atoms with van der Waals surface area (Å²) in [5, 5.41) is 0. The van der Waals surface area contributed by atoms with Gasteiger partial charge in [0.15, 0.2) is 6.17 Å². The Labute approximate surface area is 151 Å². The number of rotatable bonds is 6. The third kappa shape index (κ3) is 3.20. The molecular weight excluding hydrogens is 324 g/mol. The normalized spacial score (nSPS) is 12.0. The van der Waals surface area contributed by atoms with Gasteiger partial charge in [0.25, 0.3) is 0 Å². The molecule has 26 heavy (non-hydrogen) atoms. The fraction of sp³-hybridized carbons (Fsp3) is 0.0476. The van der Waals surface area contributed by atoms with E-state index >= 15 is 0 Å². The van der Waals surface area contributed by atoms with E-state index in [2.05, 4.69) is 15.8 Å². The molecule has 0 fully saturated rings. The largest absolute Gasteiger partial charge is 0.319 e. The second-order valence-electron chi connectivity index (χ2n) is 5.91. The fourth-order valence-electron chi connectivity index (χ4n) is 2.88. The van der Waals surface area contributed by atoms with E-state index in [9.17, 15) is 4.79 Å². The number of carbonyl (C=O) groups is 1. The molecular formula is C21H18N4O. The summed E-state index contributed by atoms with van der Waals surface area (Å²) in [5.41, 5.74) is 9.54. The minimum atomic E-state index is -0.634. The van der Waals surface area contributed by atoms with Crippen molar-refractivity contribution in [1.82, 2.24) is 15.0 Å². The number of ketones is 1. The van der Waals surface area contributed by atoms with Gasteiger partial charge in [-0.3, -0.25) is 4.79 Å². The summed E-state index contributed by atoms with van der Waals surface area (Å²) in [4.78, 5) is 17.6. The number of nitrogens with one attached hydrogen (secondary N) is 2. The number of Topliss-reactive ketones (excluding diaryl/α,β-unsaturated/α-hetero) is 1. The third-order valence-electron chi connectivity index (χ3n) is 4.19. The molecule has 2 N–H and O–H groups in total. The topological polar surface area (TPSA) is 59.0 Å². The summed E-state index contributed by atoms with van der Waals surface area (Å²) in [5.74, 6) is -0.0443. The average molecular weight is 342 g/mol. The Bertz CT molecular complexity index is 1010. The SMILES string of the molecule is O=C(c1ccccc1)C(NNc1ccccc1)n1cnc2ccccc21. The molecule has 0 spiro atoms. The number of imidazole rings is 1. The van der Waals surface area contributed by atoms with Crippen molar-refractivity contribution in [2.75, 3.05) is 5.43 Å². The van der Waals surface area contributed by atoms with Crippen molar-refractivity contribution >= 4 is 22.5 Å². The van der Waals surface area contributed by atoms with Gasteiger partial charge in [-0.25, -0.2) is 10.4 Å². The van der Waals surface area contributed by atoms with Crippen LogP contribution in [-0.2, 0) is 0 Å². The van der Waals surface area contributed by atoms with Crippen LogP contribution in [0.3, 0.4) is 0 Å². The number of aromatic nitrogens is 2. The zero-order valence-electron chi connectivity index (χ0n) is 14.0. The molecule has 0 aliphatic rings. The van der Waals surface area contributed by atoms with E-state index in [0.717, 1.165) is 16.7 Å². The highest BCUT2D eigenvalue weighted by Crippen LogP contribution is 2.20. The first kappa shape index (κ1) is 16.1. The number of fused-ring (bicyclic) bond motifs is 1. The molecule has 1 atom stereocenters. The second kappa shape index (κ2) is 7.21. The van der Waals surface area contributed by atoms with E-state index < -0.39 is 6.17 Å². The summed E-state index contributed by atoms with van der Waals surface area (Å²) in [7, 11) is 0. The molecule has 5 nitrogen and oxygen atoms in total. The van der Waals surface area contributed by atoms with Gasteiger partial charge >= 0.3 is 0 Å². The van der Waals surface area contributed by atoms with Crippen molar-refractivity contribution in [3.05, 3.63) is 96.8 Å². The summed E-state index contributed by atoms with van der Waals surface area (Å²) >= 11 is 0. The van der Waals surface area contributed by atoms with Gasteiger partial charge in [-0.05, 0) is 24.3 Å². The van der Waals surface area contributed by atoms with E-state index in [1.165, 1.54) is 0 Å². The van der Waals surface area contributed by atoms with Crippen molar-refractivity contribution in [3.63, 3.8) is 0 Å². The summed E-state index contributed by atoms with van der Waals surface area (Å²) in [6.45, 7) is 0. The van der Waals surface area contributed by atoms with Gasteiger partial charge in [-0.1, -0.05) is 60.7 Å². The Kier molecular flexibility index (Phi) is 4.45. The van der Waals surface area contributed by atoms with Crippen LogP contribution >= 0.6 is 0 Å². The number of carbonyl (C=O) groups excluding carboxylic acids is 1. The van der Waals surface area contributed by atoms with Crippen LogP contribution in [0.5, 0.6) is 0 Å². The van der Waals surface area contributed by atoms with Crippen molar-refractivity contribution in [1.29, 1.82) is 0 Å². The minimum absolute atomic E-state index is 0.0443. The first-order valence-corrected chi connectivity index (χ1v) is 8.40. The predicted molar refractivity (Wildman–Crippen MR) is 103 cm³/mol. The molecule has 0 radical (unpaired) electrons. The summed E-state index contributed by atoms with van der Waals surface area (Å²) < 4.78 is 1.85. The van der Waals surface area contributed by atoms with E-state index in [1.807, 2.05) is 89.5 Å². The Morgan fingerprint density at radius 1 is 0.846 bits per heavy atom. The molecule has 1 aromatic heterocycles. The van der Waals surface area contributed by atoms with Gasteiger partial charge in [0.2, 0.25) is 5.78 Å². The molecule has 4 rings (SSSR count). The minimum Gasteiger partial charge on any atom is -0.319 e. The molecule has 1 heterocycles. The summed E-state index contributed by atoms with van der Waals surface area (Å²) in [6.07, 6.45) is 1.06. The molecule has 0 bridgehead atoms. The maximum Gasteiger partial charge on any atom is 0.202 e. The van der Waals surface area contributed by atoms with Crippen LogP contribution in [0.1, 0.15) is 16.5 Å². The third-order valence-corrected chi connectivity index (χ3v) is 4.19. The van der Waals surface area contributed by atoms with Gasteiger partial charge in [0, 0.05) is 11.3 Å². The van der Waals surface area contributed by atoms with E-state index in [0.29, 0.717) is 5.56 Å². The van der Waals surface area contributed by atoms with Gasteiger partial charge in [0.1, 0.15) is 0 Å². The molecule has 4 aromatic rings. The number of hydrazine groups is 1. The number of hydrogen-bond donors (Lipinski definition) is 2. The molecule has 3 aromatic carbocycles. The highest BCUT2D eigenvalue weighted by Gasteiger charge is 2.23. The average Bonchev–Trinajstić information content (AvgIpc) is 3.13. The number of nitrogens with zero attached hydrogens (tertiary/aromatic N) is 2. The molecule has 0 saturated carbocycles. The highest BCUT2D eigenvalue weighted by molar-refractivity contribution is 5.99. The van der Waals surface area contributed by atoms with Crippen molar-refractivity contribution in [3.8, 4) is 0 Å². The van der Waals surface area contributed by atoms with Gasteiger partial charge in [0.05, 0.1) is 17.4 Å². The van der Waals surface area contributed by atoms with Crippen molar-refractivity contribution < 1.29 is 4.79 Å². The maximum absolute atomic E-state index is 13.2. The molecule has 0 aliphatic carbocycles. The number of para-hydroxylation sites is 3. The molecule has 0 saturated heterocycles. The Balaban J connectivity index is 1.70. The first-order chi connectivity index (χ1) is 12.8. The number of anilines is 1. The van der Waals surface area contributed by atoms with Gasteiger partial charge < -0.3 is 9.99 Å². The molecule has 5 heteroatoms. The van der Waals surface area contributed by atoms with Crippen LogP contribution in [0.15, 0.2) is 91.3 Å². The van der Waals surface area contributed by atoms with Crippen LogP contribution in [0.25, 0.3) is 11.0 Å². The van der Waals surface area contributed by atoms with E-state index in [-0.39, 0.29) is 5.78 Å². The Hall–Kier alpha value is -3.44. The van der Waals surface area contributed by atoms with Crippen LogP contribution < -0.4 is 10.9 Å². The van der Waals surface area contributed by atoms with Crippen LogP contribution in [0.4, 0.5) is 5.69 Å². The lowest BCUT2D eigenvalue weighted by atomic mass is 10.1. The van der Waals surface area contributed by atoms with Crippen LogP contribution in [0, 0.1) is 0 Å². The lowest BCUT2D eigenvalue weighted by Gasteiger charge is -2.21. The molecule has 128 valence electrons. The zero-order chi connectivity index (χ0) is 17.8. The molecule has 1 unspecified atom stereocenters. The van der Waals surface area contributed by atoms with Crippen LogP contribution in [-0.4, -0.2) is 15.3 Å². The number of benzene rings is 3. The molecule has 0 amide bonds. The van der Waals surface area contributed by atoms with E-state index in [4.69, 9.17) is 0 Å². The van der Waals surface area contributed by atoms with Gasteiger partial charge in [-0.2, -0.15) is 0 Å². The van der Waals surface area contributed by atoms with Crippen LogP contribution in [0.2, 0.25) is 0 Å². The standard InChI is InChI=1S/C21H18N4O/c26-20(16-9-3-1-4-10-16)21(24-23-17-11-5-2-6-12-17)25-15-22-18-13-7-8-14-19(18)25/h1-15,21,23-24H. The molecule has 0 aliphatic heterocycles. The Morgan fingerprint density at radius 2 is 1.50 bits per heavy atom. The lowest BCUT2D eigenvalue weighted by Crippen LogP contribution is -2.37. The highest BCUT2D eigenvalue weighted by atomic mass is 16.1. The van der Waals surface area contributed by atoms with Crippen molar-refractivity contribution in [2.45, 2.75) is 6.17 Å². The predicted octanol–water partition coefficient (Wildman–Crippen LogP) is 4.03. The van der Waals surface area contributed by atoms with Gasteiger partial charge in [-0.15, -0.1) is 0 Å². The Morgan fingerprint density at radius 3 is 2.27 bits per heavy atom. The fourth-order valence-corrected chi connectivity index (χ4v) is 2.88. The van der Waals surface area contributed by atoms with E-state index in [1.54, 1.807) is 6.33 Å². The lowest BCUT2D eigenvalue weighted by molar-refractivity contribution is 0.0909. The quantitative estimate of drug-likeness (QED) is 0.410. The smallest absolute Gasteiger partial charge is 0.202 e. The first-order valence-electron chi connectivity index (χ1n) is 8.40. The van der Waals surface area contributed by atoms with Crippen molar-refractivity contribution in [2.24, 2.45) is 0 Å². The maximum atomic E-state index is 13.2. The summed E-state index contributed by atoms with van der Waals surface area (Å²) in [6, 6.07) is 26.7. The number of hydrogen-bond acceptors (Lipinski definition) is 4. The second-order valence-corrected chi connectivity index (χ2v) is 5.91.